The van der Waals surface area contributed by atoms with Gasteiger partial charge in [-0.25, -0.2) is 9.59 Å². The molecule has 0 aromatic heterocycles. The average molecular weight is 545 g/mol. The number of quaternary nitrogens is 1. The van der Waals surface area contributed by atoms with E-state index < -0.39 is 11.9 Å². The molecule has 0 saturated carbocycles. The van der Waals surface area contributed by atoms with Crippen LogP contribution in [0.4, 0.5) is 11.4 Å². The summed E-state index contributed by atoms with van der Waals surface area (Å²) in [5.41, 5.74) is 3.38. The van der Waals surface area contributed by atoms with Gasteiger partial charge in [-0.05, 0) is 47.5 Å². The number of carbonyl (C=O) groups is 2. The molecule has 0 atom stereocenters. The van der Waals surface area contributed by atoms with E-state index in [1.807, 2.05) is 113 Å². The summed E-state index contributed by atoms with van der Waals surface area (Å²) in [7, 11) is 11.7. The third kappa shape index (κ3) is 10.3. The molecule has 40 heavy (non-hydrogen) atoms. The first kappa shape index (κ1) is 31.6. The summed E-state index contributed by atoms with van der Waals surface area (Å²) in [6, 6.07) is 18.8. The molecule has 0 saturated heterocycles. The minimum absolute atomic E-state index is 0.0618. The molecule has 0 heterocycles. The Balaban J connectivity index is 1.79. The summed E-state index contributed by atoms with van der Waals surface area (Å²) in [6.07, 6.45) is 3.59. The molecule has 2 rings (SSSR count). The Kier molecular flexibility index (Phi) is 11.9. The summed E-state index contributed by atoms with van der Waals surface area (Å²) >= 11 is 0. The van der Waals surface area contributed by atoms with Crippen molar-refractivity contribution < 1.29 is 23.5 Å². The van der Waals surface area contributed by atoms with Gasteiger partial charge in [0.2, 0.25) is 0 Å². The maximum Gasteiger partial charge on any atom is 0.349 e. The van der Waals surface area contributed by atoms with Gasteiger partial charge < -0.3 is 23.8 Å². The quantitative estimate of drug-likeness (QED) is 0.123. The van der Waals surface area contributed by atoms with Crippen LogP contribution in [0.2, 0.25) is 0 Å². The number of esters is 2. The minimum Gasteiger partial charge on any atom is -0.461 e. The number of nitrogens with zero attached hydrogens (tertiary/aromatic N) is 5. The molecule has 2 aromatic carbocycles. The highest BCUT2D eigenvalue weighted by Crippen LogP contribution is 2.16. The van der Waals surface area contributed by atoms with Crippen LogP contribution in [-0.2, 0) is 19.1 Å². The molecular formula is C31H38N5O4+. The number of benzene rings is 2. The normalized spacial score (nSPS) is 11.7. The molecule has 0 bridgehead atoms. The van der Waals surface area contributed by atoms with Gasteiger partial charge in [0.1, 0.15) is 36.4 Å². The molecule has 0 aliphatic carbocycles. The van der Waals surface area contributed by atoms with Gasteiger partial charge in [0, 0.05) is 46.0 Å². The standard InChI is InChI=1S/C31H38N5O4/c1-34(2)28-12-8-24(9-13-28)20-26(22-32)30(37)39-18-7-16-36(5,6)17-19-40-31(38)27(23-33)21-25-10-14-29(15-11-25)35(3)4/h8-15,20-21H,7,16-19H2,1-6H3/q+1/b26-20+,27-21-. The predicted octanol–water partition coefficient (Wildman–Crippen LogP) is 3.89. The van der Waals surface area contributed by atoms with Crippen LogP contribution in [0.5, 0.6) is 0 Å². The Morgan fingerprint density at radius 2 is 1.12 bits per heavy atom. The van der Waals surface area contributed by atoms with Crippen LogP contribution < -0.4 is 9.80 Å². The van der Waals surface area contributed by atoms with E-state index in [9.17, 15) is 20.1 Å². The average Bonchev–Trinajstić information content (AvgIpc) is 2.92. The van der Waals surface area contributed by atoms with Crippen molar-refractivity contribution in [3.05, 3.63) is 70.8 Å². The SMILES string of the molecule is CN(C)c1ccc(/C=C(/C#N)C(=O)OCC[N+](C)(C)CCCOC(=O)/C(C#N)=C/c2ccc(N(C)C)cc2)cc1. The van der Waals surface area contributed by atoms with Gasteiger partial charge in [-0.15, -0.1) is 0 Å². The van der Waals surface area contributed by atoms with E-state index in [1.54, 1.807) is 0 Å². The van der Waals surface area contributed by atoms with E-state index in [-0.39, 0.29) is 24.4 Å². The molecule has 0 radical (unpaired) electrons. The highest BCUT2D eigenvalue weighted by atomic mass is 16.5. The van der Waals surface area contributed by atoms with Crippen LogP contribution in [0.25, 0.3) is 12.2 Å². The molecule has 0 fully saturated rings. The lowest BCUT2D eigenvalue weighted by molar-refractivity contribution is -0.890. The lowest BCUT2D eigenvalue weighted by Gasteiger charge is -2.29. The van der Waals surface area contributed by atoms with E-state index in [4.69, 9.17) is 9.47 Å². The second-order valence-electron chi connectivity index (χ2n) is 10.3. The monoisotopic (exact) mass is 544 g/mol. The highest BCUT2D eigenvalue weighted by Gasteiger charge is 2.18. The number of rotatable bonds is 13. The Labute approximate surface area is 237 Å². The number of anilines is 2. The lowest BCUT2D eigenvalue weighted by atomic mass is 10.1. The summed E-state index contributed by atoms with van der Waals surface area (Å²) < 4.78 is 11.2. The second-order valence-corrected chi connectivity index (χ2v) is 10.3. The number of ether oxygens (including phenoxy) is 2. The first-order chi connectivity index (χ1) is 19.0. The van der Waals surface area contributed by atoms with E-state index >= 15 is 0 Å². The molecule has 0 unspecified atom stereocenters. The van der Waals surface area contributed by atoms with Crippen LogP contribution in [0, 0.1) is 22.7 Å². The fourth-order valence-corrected chi connectivity index (χ4v) is 3.65. The topological polar surface area (TPSA) is 107 Å². The van der Waals surface area contributed by atoms with Crippen molar-refractivity contribution in [1.29, 1.82) is 10.5 Å². The number of likely N-dealkylation sites (N-methyl/N-ethyl adjacent to an activating group) is 1. The van der Waals surface area contributed by atoms with Gasteiger partial charge in [-0.3, -0.25) is 0 Å². The van der Waals surface area contributed by atoms with Gasteiger partial charge >= 0.3 is 11.9 Å². The molecule has 210 valence electrons. The number of hydrogen-bond donors (Lipinski definition) is 0. The first-order valence-corrected chi connectivity index (χ1v) is 12.9. The molecule has 0 amide bonds. The fraction of sp³-hybridized carbons (Fsp3) is 0.355. The lowest BCUT2D eigenvalue weighted by Crippen LogP contribution is -2.43. The van der Waals surface area contributed by atoms with Crippen molar-refractivity contribution in [3.63, 3.8) is 0 Å². The van der Waals surface area contributed by atoms with Crippen molar-refractivity contribution in [2.45, 2.75) is 6.42 Å². The maximum absolute atomic E-state index is 12.4. The smallest absolute Gasteiger partial charge is 0.349 e. The molecule has 9 nitrogen and oxygen atoms in total. The summed E-state index contributed by atoms with van der Waals surface area (Å²) in [5, 5.41) is 18.8. The Bertz CT molecular complexity index is 1300. The molecule has 0 spiro atoms. The largest absolute Gasteiger partial charge is 0.461 e. The minimum atomic E-state index is -0.666. The molecule has 2 aromatic rings. The Morgan fingerprint density at radius 3 is 1.50 bits per heavy atom. The zero-order valence-electron chi connectivity index (χ0n) is 24.2. The molecule has 0 aliphatic heterocycles. The predicted molar refractivity (Wildman–Crippen MR) is 157 cm³/mol. The van der Waals surface area contributed by atoms with E-state index in [1.165, 1.54) is 12.2 Å². The van der Waals surface area contributed by atoms with Crippen molar-refractivity contribution in [2.75, 3.05) is 78.4 Å². The van der Waals surface area contributed by atoms with Gasteiger partial charge in [-0.2, -0.15) is 10.5 Å². The van der Waals surface area contributed by atoms with Crippen LogP contribution in [0.1, 0.15) is 17.5 Å². The van der Waals surface area contributed by atoms with Crippen molar-refractivity contribution in [2.24, 2.45) is 0 Å². The zero-order chi connectivity index (χ0) is 29.7. The molecule has 9 heteroatoms. The van der Waals surface area contributed by atoms with E-state index in [2.05, 4.69) is 0 Å². The van der Waals surface area contributed by atoms with Crippen LogP contribution in [-0.4, -0.2) is 85.0 Å². The van der Waals surface area contributed by atoms with Crippen LogP contribution in [0.3, 0.4) is 0 Å². The zero-order valence-corrected chi connectivity index (χ0v) is 24.2. The molecule has 0 aliphatic rings. The van der Waals surface area contributed by atoms with Gasteiger partial charge in [0.25, 0.3) is 0 Å². The van der Waals surface area contributed by atoms with Gasteiger partial charge in [-0.1, -0.05) is 24.3 Å². The second kappa shape index (κ2) is 15.1. The number of nitriles is 2. The third-order valence-corrected chi connectivity index (χ3v) is 6.19. The Morgan fingerprint density at radius 1 is 0.725 bits per heavy atom. The fourth-order valence-electron chi connectivity index (χ4n) is 3.65. The summed E-state index contributed by atoms with van der Waals surface area (Å²) in [6.45, 7) is 1.47. The molecule has 0 N–H and O–H groups in total. The van der Waals surface area contributed by atoms with Gasteiger partial charge in [0.05, 0.1) is 27.2 Å². The van der Waals surface area contributed by atoms with Crippen molar-refractivity contribution in [3.8, 4) is 12.1 Å². The number of hydrogen-bond acceptors (Lipinski definition) is 8. The molecular weight excluding hydrogens is 506 g/mol. The van der Waals surface area contributed by atoms with E-state index in [0.717, 1.165) is 22.5 Å². The van der Waals surface area contributed by atoms with Crippen LogP contribution >= 0.6 is 0 Å². The van der Waals surface area contributed by atoms with Crippen molar-refractivity contribution in [1.82, 2.24) is 0 Å². The number of carbonyl (C=O) groups excluding carboxylic acids is 2. The van der Waals surface area contributed by atoms with E-state index in [0.29, 0.717) is 24.0 Å². The highest BCUT2D eigenvalue weighted by molar-refractivity contribution is 5.98. The van der Waals surface area contributed by atoms with Gasteiger partial charge in [0.15, 0.2) is 0 Å². The van der Waals surface area contributed by atoms with Crippen LogP contribution in [0.15, 0.2) is 59.7 Å². The maximum atomic E-state index is 12.4. The Hall–Kier alpha value is -4.60. The summed E-state index contributed by atoms with van der Waals surface area (Å²) in [5.74, 6) is -1.33. The van der Waals surface area contributed by atoms with Crippen molar-refractivity contribution >= 4 is 35.5 Å². The first-order valence-electron chi connectivity index (χ1n) is 12.9. The summed E-state index contributed by atoms with van der Waals surface area (Å²) in [4.78, 5) is 28.7. The third-order valence-electron chi connectivity index (χ3n) is 6.19.